The molecule has 2 N–H and O–H groups in total. The smallest absolute Gasteiger partial charge is 0.128 e. The molecule has 0 radical (unpaired) electrons. The average molecular weight is 241 g/mol. The van der Waals surface area contributed by atoms with Gasteiger partial charge in [0.1, 0.15) is 5.82 Å². The summed E-state index contributed by atoms with van der Waals surface area (Å²) in [6, 6.07) is 3.16. The number of nitrogens with zero attached hydrogens (tertiary/aromatic N) is 1. The van der Waals surface area contributed by atoms with E-state index in [4.69, 9.17) is 17.3 Å². The van der Waals surface area contributed by atoms with E-state index in [1.165, 1.54) is 6.07 Å². The first-order valence-electron chi connectivity index (χ1n) is 5.65. The van der Waals surface area contributed by atoms with Crippen LogP contribution < -0.4 is 5.73 Å². The SMILES string of the molecule is NC1CCN2CCc3c(Cl)ccc(F)c3C12. The molecule has 1 aromatic carbocycles. The largest absolute Gasteiger partial charge is 0.326 e. The van der Waals surface area contributed by atoms with Crippen LogP contribution in [0, 0.1) is 5.82 Å². The topological polar surface area (TPSA) is 29.3 Å². The van der Waals surface area contributed by atoms with Gasteiger partial charge in [0, 0.05) is 29.7 Å². The van der Waals surface area contributed by atoms with Gasteiger partial charge in [-0.05, 0) is 30.5 Å². The van der Waals surface area contributed by atoms with Gasteiger partial charge in [-0.3, -0.25) is 4.90 Å². The molecule has 0 aliphatic carbocycles. The Morgan fingerprint density at radius 1 is 1.38 bits per heavy atom. The van der Waals surface area contributed by atoms with Crippen molar-refractivity contribution >= 4 is 11.6 Å². The molecule has 1 fully saturated rings. The fraction of sp³-hybridized carbons (Fsp3) is 0.500. The fourth-order valence-corrected chi connectivity index (χ4v) is 3.23. The predicted octanol–water partition coefficient (Wildman–Crippen LogP) is 2.11. The number of hydrogen-bond donors (Lipinski definition) is 1. The molecule has 0 spiro atoms. The highest BCUT2D eigenvalue weighted by Crippen LogP contribution is 2.40. The van der Waals surface area contributed by atoms with E-state index >= 15 is 0 Å². The van der Waals surface area contributed by atoms with Crippen LogP contribution in [0.5, 0.6) is 0 Å². The van der Waals surface area contributed by atoms with Crippen molar-refractivity contribution in [3.63, 3.8) is 0 Å². The first-order valence-corrected chi connectivity index (χ1v) is 6.02. The van der Waals surface area contributed by atoms with Gasteiger partial charge < -0.3 is 5.73 Å². The zero-order valence-electron chi connectivity index (χ0n) is 8.92. The third-order valence-corrected chi connectivity index (χ3v) is 4.09. The molecule has 0 bridgehead atoms. The molecular formula is C12H14ClFN2. The molecule has 2 unspecified atom stereocenters. The average Bonchev–Trinajstić information content (AvgIpc) is 2.66. The zero-order chi connectivity index (χ0) is 11.3. The van der Waals surface area contributed by atoms with Crippen LogP contribution in [0.25, 0.3) is 0 Å². The van der Waals surface area contributed by atoms with Crippen molar-refractivity contribution < 1.29 is 4.39 Å². The van der Waals surface area contributed by atoms with Crippen LogP contribution >= 0.6 is 11.6 Å². The first kappa shape index (κ1) is 10.5. The number of halogens is 2. The quantitative estimate of drug-likeness (QED) is 0.753. The highest BCUT2D eigenvalue weighted by molar-refractivity contribution is 6.31. The van der Waals surface area contributed by atoms with Gasteiger partial charge in [0.15, 0.2) is 0 Å². The monoisotopic (exact) mass is 240 g/mol. The summed E-state index contributed by atoms with van der Waals surface area (Å²) in [5.74, 6) is -0.161. The van der Waals surface area contributed by atoms with Crippen LogP contribution in [-0.4, -0.2) is 24.0 Å². The van der Waals surface area contributed by atoms with Crippen molar-refractivity contribution in [2.45, 2.75) is 24.9 Å². The molecule has 0 amide bonds. The summed E-state index contributed by atoms with van der Waals surface area (Å²) >= 11 is 6.13. The molecular weight excluding hydrogens is 227 g/mol. The van der Waals surface area contributed by atoms with E-state index < -0.39 is 0 Å². The van der Waals surface area contributed by atoms with Gasteiger partial charge in [-0.25, -0.2) is 4.39 Å². The van der Waals surface area contributed by atoms with Crippen molar-refractivity contribution in [2.24, 2.45) is 5.73 Å². The van der Waals surface area contributed by atoms with E-state index in [0.717, 1.165) is 37.1 Å². The molecule has 1 aromatic rings. The normalized spacial score (nSPS) is 28.9. The number of hydrogen-bond acceptors (Lipinski definition) is 2. The Morgan fingerprint density at radius 2 is 2.19 bits per heavy atom. The highest BCUT2D eigenvalue weighted by atomic mass is 35.5. The molecule has 2 atom stereocenters. The van der Waals surface area contributed by atoms with Gasteiger partial charge in [0.05, 0.1) is 6.04 Å². The van der Waals surface area contributed by atoms with Crippen molar-refractivity contribution in [2.75, 3.05) is 13.1 Å². The molecule has 2 heterocycles. The summed E-state index contributed by atoms with van der Waals surface area (Å²) in [4.78, 5) is 2.27. The second kappa shape index (κ2) is 3.69. The van der Waals surface area contributed by atoms with E-state index in [-0.39, 0.29) is 17.9 Å². The second-order valence-corrected chi connectivity index (χ2v) is 5.01. The lowest BCUT2D eigenvalue weighted by molar-refractivity contribution is 0.228. The molecule has 0 aromatic heterocycles. The maximum Gasteiger partial charge on any atom is 0.128 e. The van der Waals surface area contributed by atoms with Gasteiger partial charge in [-0.1, -0.05) is 11.6 Å². The van der Waals surface area contributed by atoms with Gasteiger partial charge in [-0.15, -0.1) is 0 Å². The Morgan fingerprint density at radius 3 is 3.00 bits per heavy atom. The third kappa shape index (κ3) is 1.39. The highest BCUT2D eigenvalue weighted by Gasteiger charge is 2.39. The lowest BCUT2D eigenvalue weighted by Gasteiger charge is -2.34. The summed E-state index contributed by atoms with van der Waals surface area (Å²) in [6.07, 6.45) is 1.77. The van der Waals surface area contributed by atoms with Crippen LogP contribution in [0.1, 0.15) is 23.6 Å². The fourth-order valence-electron chi connectivity index (χ4n) is 2.97. The maximum absolute atomic E-state index is 13.9. The number of rotatable bonds is 0. The summed E-state index contributed by atoms with van der Waals surface area (Å²) in [5.41, 5.74) is 7.77. The van der Waals surface area contributed by atoms with E-state index in [1.54, 1.807) is 6.07 Å². The van der Waals surface area contributed by atoms with E-state index in [9.17, 15) is 4.39 Å². The van der Waals surface area contributed by atoms with E-state index in [1.807, 2.05) is 0 Å². The van der Waals surface area contributed by atoms with Crippen molar-refractivity contribution in [3.05, 3.63) is 34.1 Å². The summed E-state index contributed by atoms with van der Waals surface area (Å²) < 4.78 is 13.9. The summed E-state index contributed by atoms with van der Waals surface area (Å²) in [6.45, 7) is 1.91. The Labute approximate surface area is 99.2 Å². The Hall–Kier alpha value is -0.640. The molecule has 4 heteroatoms. The van der Waals surface area contributed by atoms with E-state index in [0.29, 0.717) is 5.02 Å². The maximum atomic E-state index is 13.9. The van der Waals surface area contributed by atoms with Gasteiger partial charge in [0.25, 0.3) is 0 Å². The van der Waals surface area contributed by atoms with Crippen molar-refractivity contribution in [1.29, 1.82) is 0 Å². The molecule has 0 saturated carbocycles. The lowest BCUT2D eigenvalue weighted by Crippen LogP contribution is -2.38. The van der Waals surface area contributed by atoms with Crippen LogP contribution in [0.15, 0.2) is 12.1 Å². The Kier molecular flexibility index (Phi) is 2.42. The molecule has 86 valence electrons. The second-order valence-electron chi connectivity index (χ2n) is 4.60. The minimum Gasteiger partial charge on any atom is -0.326 e. The molecule has 3 rings (SSSR count). The number of nitrogens with two attached hydrogens (primary N) is 1. The summed E-state index contributed by atoms with van der Waals surface area (Å²) in [5, 5.41) is 0.676. The first-order chi connectivity index (χ1) is 7.68. The standard InChI is InChI=1S/C12H14ClFN2/c13-8-1-2-9(14)11-7(8)3-5-16-6-4-10(15)12(11)16/h1-2,10,12H,3-6,15H2. The van der Waals surface area contributed by atoms with Crippen molar-refractivity contribution in [3.8, 4) is 0 Å². The summed E-state index contributed by atoms with van der Waals surface area (Å²) in [7, 11) is 0. The van der Waals surface area contributed by atoms with E-state index in [2.05, 4.69) is 4.90 Å². The van der Waals surface area contributed by atoms with Crippen molar-refractivity contribution in [1.82, 2.24) is 4.90 Å². The molecule has 2 aliphatic rings. The Balaban J connectivity index is 2.17. The van der Waals surface area contributed by atoms with Crippen LogP contribution in [-0.2, 0) is 6.42 Å². The number of benzene rings is 1. The minimum atomic E-state index is -0.161. The Bertz CT molecular complexity index is 435. The van der Waals surface area contributed by atoms with Gasteiger partial charge in [-0.2, -0.15) is 0 Å². The molecule has 16 heavy (non-hydrogen) atoms. The van der Waals surface area contributed by atoms with Crippen LogP contribution in [0.3, 0.4) is 0 Å². The van der Waals surface area contributed by atoms with Crippen LogP contribution in [0.4, 0.5) is 4.39 Å². The predicted molar refractivity (Wildman–Crippen MR) is 62.0 cm³/mol. The minimum absolute atomic E-state index is 0.0300. The lowest BCUT2D eigenvalue weighted by atomic mass is 9.90. The van der Waals surface area contributed by atoms with Gasteiger partial charge >= 0.3 is 0 Å². The molecule has 2 aliphatic heterocycles. The van der Waals surface area contributed by atoms with Gasteiger partial charge in [0.2, 0.25) is 0 Å². The molecule has 1 saturated heterocycles. The zero-order valence-corrected chi connectivity index (χ0v) is 9.67. The molecule has 2 nitrogen and oxygen atoms in total. The third-order valence-electron chi connectivity index (χ3n) is 3.74. The number of fused-ring (bicyclic) bond motifs is 3. The van der Waals surface area contributed by atoms with Crippen LogP contribution in [0.2, 0.25) is 5.02 Å².